The molecule has 2 aromatic rings. The number of halogens is 2. The van der Waals surface area contributed by atoms with Crippen LogP contribution in [0.3, 0.4) is 0 Å². The van der Waals surface area contributed by atoms with Crippen LogP contribution in [0.1, 0.15) is 29.8 Å². The fourth-order valence-corrected chi connectivity index (χ4v) is 2.30. The number of likely N-dealkylation sites (N-methyl/N-ethyl adjacent to an activating group) is 1. The predicted octanol–water partition coefficient (Wildman–Crippen LogP) is 2.90. The Labute approximate surface area is 117 Å². The van der Waals surface area contributed by atoms with Gasteiger partial charge in [0.05, 0.1) is 6.20 Å². The molecule has 5 heteroatoms. The second kappa shape index (κ2) is 6.13. The fraction of sp³-hybridized carbons (Fsp3) is 0.400. The Kier molecular flexibility index (Phi) is 4.49. The molecular formula is C15H19F2N3. The molecule has 0 fully saturated rings. The summed E-state index contributed by atoms with van der Waals surface area (Å²) in [4.78, 5) is 0. The van der Waals surface area contributed by atoms with Crippen molar-refractivity contribution in [2.75, 3.05) is 6.54 Å². The molecule has 1 aromatic heterocycles. The van der Waals surface area contributed by atoms with E-state index in [1.54, 1.807) is 6.07 Å². The van der Waals surface area contributed by atoms with Crippen LogP contribution in [-0.4, -0.2) is 16.3 Å². The molecule has 1 unspecified atom stereocenters. The SMILES string of the molecule is CCNC(Cc1ccc(F)c(F)c1)c1cnn(C)c1C. The van der Waals surface area contributed by atoms with Crippen LogP contribution in [0.25, 0.3) is 0 Å². The monoisotopic (exact) mass is 279 g/mol. The summed E-state index contributed by atoms with van der Waals surface area (Å²) in [7, 11) is 1.89. The first kappa shape index (κ1) is 14.7. The molecule has 0 aliphatic heterocycles. The van der Waals surface area contributed by atoms with Gasteiger partial charge in [0.1, 0.15) is 0 Å². The Bertz CT molecular complexity index is 593. The normalized spacial score (nSPS) is 12.7. The van der Waals surface area contributed by atoms with Gasteiger partial charge in [0, 0.05) is 24.3 Å². The maximum absolute atomic E-state index is 13.3. The number of nitrogens with zero attached hydrogens (tertiary/aromatic N) is 2. The van der Waals surface area contributed by atoms with Crippen LogP contribution in [0.15, 0.2) is 24.4 Å². The Morgan fingerprint density at radius 3 is 2.60 bits per heavy atom. The van der Waals surface area contributed by atoms with E-state index in [1.807, 2.05) is 31.8 Å². The zero-order valence-electron chi connectivity index (χ0n) is 12.0. The maximum atomic E-state index is 13.3. The Morgan fingerprint density at radius 1 is 1.30 bits per heavy atom. The summed E-state index contributed by atoms with van der Waals surface area (Å²) in [6.45, 7) is 4.81. The largest absolute Gasteiger partial charge is 0.310 e. The van der Waals surface area contributed by atoms with E-state index in [2.05, 4.69) is 10.4 Å². The number of nitrogens with one attached hydrogen (secondary N) is 1. The van der Waals surface area contributed by atoms with Gasteiger partial charge in [-0.05, 0) is 37.6 Å². The molecule has 3 nitrogen and oxygen atoms in total. The molecule has 0 radical (unpaired) electrons. The molecular weight excluding hydrogens is 260 g/mol. The van der Waals surface area contributed by atoms with Crippen molar-refractivity contribution in [2.45, 2.75) is 26.3 Å². The highest BCUT2D eigenvalue weighted by Gasteiger charge is 2.17. The van der Waals surface area contributed by atoms with Crippen molar-refractivity contribution in [1.82, 2.24) is 15.1 Å². The number of hydrogen-bond donors (Lipinski definition) is 1. The second-order valence-electron chi connectivity index (χ2n) is 4.87. The van der Waals surface area contributed by atoms with Gasteiger partial charge in [-0.3, -0.25) is 4.68 Å². The van der Waals surface area contributed by atoms with Gasteiger partial charge in [-0.1, -0.05) is 13.0 Å². The third-order valence-corrected chi connectivity index (χ3v) is 3.52. The molecule has 0 spiro atoms. The van der Waals surface area contributed by atoms with E-state index in [0.717, 1.165) is 23.4 Å². The van der Waals surface area contributed by atoms with Crippen LogP contribution in [-0.2, 0) is 13.5 Å². The lowest BCUT2D eigenvalue weighted by molar-refractivity contribution is 0.502. The fourth-order valence-electron chi connectivity index (χ4n) is 2.30. The van der Waals surface area contributed by atoms with E-state index < -0.39 is 11.6 Å². The highest BCUT2D eigenvalue weighted by molar-refractivity contribution is 5.25. The minimum atomic E-state index is -0.814. The molecule has 0 bridgehead atoms. The molecule has 0 amide bonds. The van der Waals surface area contributed by atoms with E-state index in [-0.39, 0.29) is 6.04 Å². The summed E-state index contributed by atoms with van der Waals surface area (Å²) in [6, 6.07) is 4.09. The molecule has 1 heterocycles. The summed E-state index contributed by atoms with van der Waals surface area (Å²) in [5.74, 6) is -1.62. The zero-order chi connectivity index (χ0) is 14.7. The first-order valence-electron chi connectivity index (χ1n) is 6.68. The van der Waals surface area contributed by atoms with Crippen LogP contribution >= 0.6 is 0 Å². The smallest absolute Gasteiger partial charge is 0.159 e. The van der Waals surface area contributed by atoms with Crippen molar-refractivity contribution in [3.05, 3.63) is 52.9 Å². The van der Waals surface area contributed by atoms with Gasteiger partial charge in [0.2, 0.25) is 0 Å². The van der Waals surface area contributed by atoms with Gasteiger partial charge in [0.25, 0.3) is 0 Å². The second-order valence-corrected chi connectivity index (χ2v) is 4.87. The molecule has 0 aliphatic rings. The van der Waals surface area contributed by atoms with Crippen molar-refractivity contribution in [3.8, 4) is 0 Å². The van der Waals surface area contributed by atoms with E-state index >= 15 is 0 Å². The molecule has 2 rings (SSSR count). The number of aryl methyl sites for hydroxylation is 1. The summed E-state index contributed by atoms with van der Waals surface area (Å²) in [5.41, 5.74) is 2.91. The molecule has 1 N–H and O–H groups in total. The van der Waals surface area contributed by atoms with Gasteiger partial charge in [-0.15, -0.1) is 0 Å². The Hall–Kier alpha value is -1.75. The lowest BCUT2D eigenvalue weighted by Gasteiger charge is -2.18. The van der Waals surface area contributed by atoms with Crippen molar-refractivity contribution >= 4 is 0 Å². The predicted molar refractivity (Wildman–Crippen MR) is 74.4 cm³/mol. The third-order valence-electron chi connectivity index (χ3n) is 3.52. The molecule has 0 aliphatic carbocycles. The number of benzene rings is 1. The standard InChI is InChI=1S/C15H19F2N3/c1-4-18-15(12-9-19-20(3)10(12)2)8-11-5-6-13(16)14(17)7-11/h5-7,9,15,18H,4,8H2,1-3H3. The Balaban J connectivity index is 2.25. The van der Waals surface area contributed by atoms with Gasteiger partial charge < -0.3 is 5.32 Å². The average Bonchev–Trinajstić information content (AvgIpc) is 2.74. The van der Waals surface area contributed by atoms with Gasteiger partial charge in [-0.25, -0.2) is 8.78 Å². The van der Waals surface area contributed by atoms with Gasteiger partial charge >= 0.3 is 0 Å². The number of rotatable bonds is 5. The van der Waals surface area contributed by atoms with Gasteiger partial charge in [0.15, 0.2) is 11.6 Å². The van der Waals surface area contributed by atoms with E-state index in [0.29, 0.717) is 6.42 Å². The first-order chi connectivity index (χ1) is 9.52. The van der Waals surface area contributed by atoms with Crippen LogP contribution < -0.4 is 5.32 Å². The van der Waals surface area contributed by atoms with Crippen LogP contribution in [0.5, 0.6) is 0 Å². The maximum Gasteiger partial charge on any atom is 0.159 e. The summed E-state index contributed by atoms with van der Waals surface area (Å²) in [5, 5.41) is 7.60. The number of aromatic nitrogens is 2. The minimum Gasteiger partial charge on any atom is -0.310 e. The molecule has 1 aromatic carbocycles. The zero-order valence-corrected chi connectivity index (χ0v) is 12.0. The Morgan fingerprint density at radius 2 is 2.05 bits per heavy atom. The summed E-state index contributed by atoms with van der Waals surface area (Å²) >= 11 is 0. The van der Waals surface area contributed by atoms with E-state index in [1.165, 1.54) is 12.1 Å². The highest BCUT2D eigenvalue weighted by Crippen LogP contribution is 2.22. The van der Waals surface area contributed by atoms with Crippen LogP contribution in [0.2, 0.25) is 0 Å². The quantitative estimate of drug-likeness (QED) is 0.912. The highest BCUT2D eigenvalue weighted by atomic mass is 19.2. The van der Waals surface area contributed by atoms with Crippen molar-refractivity contribution < 1.29 is 8.78 Å². The average molecular weight is 279 g/mol. The van der Waals surface area contributed by atoms with Crippen molar-refractivity contribution in [2.24, 2.45) is 7.05 Å². The molecule has 0 saturated heterocycles. The molecule has 0 saturated carbocycles. The molecule has 20 heavy (non-hydrogen) atoms. The van der Waals surface area contributed by atoms with Crippen molar-refractivity contribution in [1.29, 1.82) is 0 Å². The summed E-state index contributed by atoms with van der Waals surface area (Å²) < 4.78 is 28.1. The van der Waals surface area contributed by atoms with E-state index in [9.17, 15) is 8.78 Å². The van der Waals surface area contributed by atoms with Gasteiger partial charge in [-0.2, -0.15) is 5.10 Å². The van der Waals surface area contributed by atoms with E-state index in [4.69, 9.17) is 0 Å². The lowest BCUT2D eigenvalue weighted by atomic mass is 9.99. The molecule has 108 valence electrons. The molecule has 1 atom stereocenters. The minimum absolute atomic E-state index is 0.0403. The third kappa shape index (κ3) is 3.04. The lowest BCUT2D eigenvalue weighted by Crippen LogP contribution is -2.23. The first-order valence-corrected chi connectivity index (χ1v) is 6.68. The van der Waals surface area contributed by atoms with Crippen molar-refractivity contribution in [3.63, 3.8) is 0 Å². The topological polar surface area (TPSA) is 29.9 Å². The summed E-state index contributed by atoms with van der Waals surface area (Å²) in [6.07, 6.45) is 2.42. The van der Waals surface area contributed by atoms with Crippen LogP contribution in [0.4, 0.5) is 8.78 Å². The number of hydrogen-bond acceptors (Lipinski definition) is 2. The van der Waals surface area contributed by atoms with Crippen LogP contribution in [0, 0.1) is 18.6 Å².